The number of halogens is 1. The van der Waals surface area contributed by atoms with Gasteiger partial charge in [0.25, 0.3) is 5.91 Å². The molecule has 2 amide bonds. The van der Waals surface area contributed by atoms with Crippen LogP contribution < -0.4 is 10.1 Å². The topological polar surface area (TPSA) is 58.6 Å². The van der Waals surface area contributed by atoms with E-state index in [1.165, 1.54) is 0 Å². The van der Waals surface area contributed by atoms with Crippen LogP contribution in [-0.2, 0) is 16.1 Å². The minimum atomic E-state index is -0.620. The molecule has 1 atom stereocenters. The van der Waals surface area contributed by atoms with E-state index in [0.29, 0.717) is 24.8 Å². The Kier molecular flexibility index (Phi) is 8.28. The van der Waals surface area contributed by atoms with Crippen LogP contribution in [0.4, 0.5) is 0 Å². The summed E-state index contributed by atoms with van der Waals surface area (Å²) in [7, 11) is 0. The largest absolute Gasteiger partial charge is 0.483 e. The molecule has 0 aromatic heterocycles. The lowest BCUT2D eigenvalue weighted by atomic mass is 10.1. The molecule has 32 heavy (non-hydrogen) atoms. The molecule has 0 aliphatic heterocycles. The van der Waals surface area contributed by atoms with Gasteiger partial charge in [0.1, 0.15) is 11.8 Å². The fraction of sp³-hybridized carbons (Fsp3) is 0.308. The van der Waals surface area contributed by atoms with Crippen molar-refractivity contribution in [3.05, 3.63) is 76.8 Å². The maximum Gasteiger partial charge on any atom is 0.261 e. The van der Waals surface area contributed by atoms with Crippen LogP contribution in [0, 0.1) is 5.92 Å². The quantitative estimate of drug-likeness (QED) is 0.444. The predicted octanol–water partition coefficient (Wildman–Crippen LogP) is 5.17. The van der Waals surface area contributed by atoms with Crippen molar-refractivity contribution in [1.29, 1.82) is 0 Å². The highest BCUT2D eigenvalue weighted by Gasteiger charge is 2.26. The van der Waals surface area contributed by atoms with Gasteiger partial charge in [-0.05, 0) is 51.2 Å². The molecule has 0 spiro atoms. The van der Waals surface area contributed by atoms with Gasteiger partial charge in [0.05, 0.1) is 4.47 Å². The molecule has 0 saturated heterocycles. The molecule has 0 fully saturated rings. The van der Waals surface area contributed by atoms with Gasteiger partial charge in [0.2, 0.25) is 5.91 Å². The van der Waals surface area contributed by atoms with Gasteiger partial charge in [-0.25, -0.2) is 0 Å². The highest BCUT2D eigenvalue weighted by molar-refractivity contribution is 9.10. The maximum absolute atomic E-state index is 13.2. The predicted molar refractivity (Wildman–Crippen MR) is 131 cm³/mol. The first-order valence-corrected chi connectivity index (χ1v) is 11.6. The molecular weight excluding hydrogens is 468 g/mol. The Hall–Kier alpha value is -2.86. The van der Waals surface area contributed by atoms with Gasteiger partial charge in [-0.15, -0.1) is 0 Å². The number of benzene rings is 3. The van der Waals surface area contributed by atoms with Crippen LogP contribution in [0.2, 0.25) is 0 Å². The van der Waals surface area contributed by atoms with Crippen molar-refractivity contribution >= 4 is 38.5 Å². The highest BCUT2D eigenvalue weighted by atomic mass is 79.9. The Morgan fingerprint density at radius 3 is 2.38 bits per heavy atom. The van der Waals surface area contributed by atoms with E-state index < -0.39 is 6.04 Å². The number of nitrogens with one attached hydrogen (secondary N) is 1. The van der Waals surface area contributed by atoms with E-state index in [1.54, 1.807) is 11.8 Å². The molecule has 3 aromatic carbocycles. The minimum Gasteiger partial charge on any atom is -0.483 e. The summed E-state index contributed by atoms with van der Waals surface area (Å²) in [5.41, 5.74) is 0.955. The zero-order valence-electron chi connectivity index (χ0n) is 18.7. The summed E-state index contributed by atoms with van der Waals surface area (Å²) in [6.07, 6.45) is 0. The number of carbonyl (C=O) groups is 2. The van der Waals surface area contributed by atoms with E-state index >= 15 is 0 Å². The van der Waals surface area contributed by atoms with Crippen molar-refractivity contribution in [3.8, 4) is 5.75 Å². The number of rotatable bonds is 9. The molecule has 0 bridgehead atoms. The zero-order valence-corrected chi connectivity index (χ0v) is 20.3. The Balaban J connectivity index is 1.75. The van der Waals surface area contributed by atoms with Crippen molar-refractivity contribution in [3.63, 3.8) is 0 Å². The Bertz CT molecular complexity index is 1070. The molecule has 5 nitrogen and oxygen atoms in total. The lowest BCUT2D eigenvalue weighted by Crippen LogP contribution is -2.49. The summed E-state index contributed by atoms with van der Waals surface area (Å²) in [5, 5.41) is 5.02. The van der Waals surface area contributed by atoms with Crippen molar-refractivity contribution in [2.24, 2.45) is 5.92 Å². The molecule has 1 unspecified atom stereocenters. The first kappa shape index (κ1) is 23.8. The van der Waals surface area contributed by atoms with Crippen molar-refractivity contribution in [1.82, 2.24) is 10.2 Å². The molecular formula is C26H29BrN2O3. The van der Waals surface area contributed by atoms with Crippen LogP contribution in [0.25, 0.3) is 10.8 Å². The fourth-order valence-corrected chi connectivity index (χ4v) is 3.97. The summed E-state index contributed by atoms with van der Waals surface area (Å²) in [6.45, 7) is 6.56. The van der Waals surface area contributed by atoms with Crippen molar-refractivity contribution in [2.45, 2.75) is 33.4 Å². The highest BCUT2D eigenvalue weighted by Crippen LogP contribution is 2.33. The van der Waals surface area contributed by atoms with Crippen LogP contribution in [0.1, 0.15) is 26.3 Å². The summed E-state index contributed by atoms with van der Waals surface area (Å²) in [6, 6.07) is 20.8. The number of amides is 2. The molecule has 0 heterocycles. The average molecular weight is 497 g/mol. The van der Waals surface area contributed by atoms with Gasteiger partial charge in [0.15, 0.2) is 6.61 Å². The van der Waals surface area contributed by atoms with Gasteiger partial charge < -0.3 is 15.0 Å². The molecule has 168 valence electrons. The van der Waals surface area contributed by atoms with Gasteiger partial charge in [-0.1, -0.05) is 74.5 Å². The smallest absolute Gasteiger partial charge is 0.261 e. The van der Waals surface area contributed by atoms with Gasteiger partial charge in [-0.3, -0.25) is 9.59 Å². The lowest BCUT2D eigenvalue weighted by molar-refractivity contribution is -0.142. The molecule has 0 radical (unpaired) electrons. The lowest BCUT2D eigenvalue weighted by Gasteiger charge is -2.29. The monoisotopic (exact) mass is 496 g/mol. The van der Waals surface area contributed by atoms with E-state index in [1.807, 2.05) is 80.6 Å². The number of hydrogen-bond acceptors (Lipinski definition) is 3. The molecule has 0 aliphatic carbocycles. The minimum absolute atomic E-state index is 0.161. The normalized spacial score (nSPS) is 11.9. The third kappa shape index (κ3) is 6.10. The first-order valence-electron chi connectivity index (χ1n) is 10.8. The van der Waals surface area contributed by atoms with Gasteiger partial charge >= 0.3 is 0 Å². The Labute approximate surface area is 197 Å². The number of ether oxygens (including phenoxy) is 1. The average Bonchev–Trinajstić information content (AvgIpc) is 2.80. The van der Waals surface area contributed by atoms with Crippen LogP contribution in [0.5, 0.6) is 5.75 Å². The number of carbonyl (C=O) groups excluding carboxylic acids is 2. The van der Waals surface area contributed by atoms with E-state index in [-0.39, 0.29) is 18.4 Å². The Morgan fingerprint density at radius 1 is 0.969 bits per heavy atom. The van der Waals surface area contributed by atoms with Crippen LogP contribution in [-0.4, -0.2) is 35.9 Å². The summed E-state index contributed by atoms with van der Waals surface area (Å²) in [4.78, 5) is 27.5. The van der Waals surface area contributed by atoms with E-state index in [0.717, 1.165) is 20.8 Å². The van der Waals surface area contributed by atoms with E-state index in [4.69, 9.17) is 4.74 Å². The molecule has 1 N–H and O–H groups in total. The first-order chi connectivity index (χ1) is 15.4. The van der Waals surface area contributed by atoms with Crippen LogP contribution in [0.3, 0.4) is 0 Å². The van der Waals surface area contributed by atoms with Gasteiger partial charge in [0, 0.05) is 13.1 Å². The van der Waals surface area contributed by atoms with Crippen LogP contribution >= 0.6 is 15.9 Å². The van der Waals surface area contributed by atoms with E-state index in [2.05, 4.69) is 21.2 Å². The second kappa shape index (κ2) is 11.1. The van der Waals surface area contributed by atoms with Crippen LogP contribution in [0.15, 0.2) is 71.2 Å². The third-order valence-corrected chi connectivity index (χ3v) is 6.04. The number of fused-ring (bicyclic) bond motifs is 1. The summed E-state index contributed by atoms with van der Waals surface area (Å²) >= 11 is 3.59. The molecule has 0 saturated carbocycles. The molecule has 3 aromatic rings. The summed E-state index contributed by atoms with van der Waals surface area (Å²) in [5.74, 6) is 0.502. The molecule has 6 heteroatoms. The standard InChI is InChI=1S/C26H29BrN2O3/c1-18(2)15-28-26(31)19(3)29(16-20-9-5-4-6-10-20)24(30)17-32-23-14-13-21-11-7-8-12-22(21)25(23)27/h4-14,18-19H,15-17H2,1-3H3,(H,28,31). The summed E-state index contributed by atoms with van der Waals surface area (Å²) < 4.78 is 6.69. The molecule has 3 rings (SSSR count). The Morgan fingerprint density at radius 2 is 1.66 bits per heavy atom. The van der Waals surface area contributed by atoms with Crippen molar-refractivity contribution in [2.75, 3.05) is 13.2 Å². The molecule has 0 aliphatic rings. The van der Waals surface area contributed by atoms with Gasteiger partial charge in [-0.2, -0.15) is 0 Å². The fourth-order valence-electron chi connectivity index (χ4n) is 3.36. The second-order valence-electron chi connectivity index (χ2n) is 8.21. The van der Waals surface area contributed by atoms with Crippen molar-refractivity contribution < 1.29 is 14.3 Å². The third-order valence-electron chi connectivity index (χ3n) is 5.23. The zero-order chi connectivity index (χ0) is 23.1. The SMILES string of the molecule is CC(C)CNC(=O)C(C)N(Cc1ccccc1)C(=O)COc1ccc2ccccc2c1Br. The number of nitrogens with zero attached hydrogens (tertiary/aromatic N) is 1. The maximum atomic E-state index is 13.2. The van der Waals surface area contributed by atoms with E-state index in [9.17, 15) is 9.59 Å². The number of hydrogen-bond donors (Lipinski definition) is 1. The second-order valence-corrected chi connectivity index (χ2v) is 9.00.